The van der Waals surface area contributed by atoms with Crippen molar-refractivity contribution in [1.82, 2.24) is 4.31 Å². The fourth-order valence-electron chi connectivity index (χ4n) is 2.65. The Labute approximate surface area is 132 Å². The molecule has 1 aromatic rings. The van der Waals surface area contributed by atoms with E-state index in [4.69, 9.17) is 5.73 Å². The highest BCUT2D eigenvalue weighted by molar-refractivity contribution is 7.91. The number of rotatable bonds is 5. The molecular formula is C14H22N2O4S2. The molecule has 0 bridgehead atoms. The van der Waals surface area contributed by atoms with E-state index < -0.39 is 19.9 Å². The Morgan fingerprint density at radius 2 is 1.68 bits per heavy atom. The van der Waals surface area contributed by atoms with Gasteiger partial charge in [0, 0.05) is 19.1 Å². The zero-order valence-electron chi connectivity index (χ0n) is 12.6. The molecule has 1 aromatic carbocycles. The number of sulfone groups is 1. The summed E-state index contributed by atoms with van der Waals surface area (Å²) in [6.45, 7) is 2.31. The van der Waals surface area contributed by atoms with Crippen LogP contribution in [0.2, 0.25) is 0 Å². The summed E-state index contributed by atoms with van der Waals surface area (Å²) in [7, 11) is -6.96. The van der Waals surface area contributed by atoms with Crippen LogP contribution in [0.1, 0.15) is 26.2 Å². The van der Waals surface area contributed by atoms with Crippen LogP contribution in [-0.2, 0) is 19.9 Å². The summed E-state index contributed by atoms with van der Waals surface area (Å²) in [4.78, 5) is 0.255. The number of hydrogen-bond donors (Lipinski definition) is 1. The van der Waals surface area contributed by atoms with E-state index in [0.717, 1.165) is 19.3 Å². The summed E-state index contributed by atoms with van der Waals surface area (Å²) >= 11 is 0. The standard InChI is InChI=1S/C14H22N2O4S2/c1-2-21(17,18)13-6-8-14(9-7-13)22(19,20)16-10-4-3-5-12(16)11-15/h6-9,12H,2-5,10-11,15H2,1H3/t12-/m1/s1. The summed E-state index contributed by atoms with van der Waals surface area (Å²) in [5, 5.41) is 0. The molecule has 0 aliphatic carbocycles. The average Bonchev–Trinajstić information content (AvgIpc) is 2.54. The number of nitrogens with two attached hydrogens (primary N) is 1. The van der Waals surface area contributed by atoms with Gasteiger partial charge in [-0.25, -0.2) is 16.8 Å². The van der Waals surface area contributed by atoms with Crippen molar-refractivity contribution in [2.24, 2.45) is 5.73 Å². The van der Waals surface area contributed by atoms with Gasteiger partial charge in [0.25, 0.3) is 0 Å². The van der Waals surface area contributed by atoms with Gasteiger partial charge in [-0.05, 0) is 37.1 Å². The molecule has 6 nitrogen and oxygen atoms in total. The van der Waals surface area contributed by atoms with Crippen LogP contribution in [0.25, 0.3) is 0 Å². The smallest absolute Gasteiger partial charge is 0.243 e. The SMILES string of the molecule is CCS(=O)(=O)c1ccc(S(=O)(=O)N2CCCC[C@@H]2CN)cc1. The topological polar surface area (TPSA) is 97.5 Å². The lowest BCUT2D eigenvalue weighted by atomic mass is 10.1. The molecule has 2 N–H and O–H groups in total. The molecule has 1 aliphatic rings. The third-order valence-corrected chi connectivity index (χ3v) is 7.73. The van der Waals surface area contributed by atoms with Crippen molar-refractivity contribution in [2.45, 2.75) is 42.0 Å². The normalized spacial score (nSPS) is 20.9. The monoisotopic (exact) mass is 346 g/mol. The number of hydrogen-bond acceptors (Lipinski definition) is 5. The summed E-state index contributed by atoms with van der Waals surface area (Å²) < 4.78 is 50.4. The van der Waals surface area contributed by atoms with Crippen LogP contribution in [0.3, 0.4) is 0 Å². The van der Waals surface area contributed by atoms with Crippen LogP contribution in [0.4, 0.5) is 0 Å². The van der Waals surface area contributed by atoms with Gasteiger partial charge < -0.3 is 5.73 Å². The number of sulfonamides is 1. The zero-order valence-corrected chi connectivity index (χ0v) is 14.2. The van der Waals surface area contributed by atoms with E-state index in [0.29, 0.717) is 13.1 Å². The van der Waals surface area contributed by atoms with E-state index in [-0.39, 0.29) is 21.6 Å². The molecule has 1 atom stereocenters. The number of nitrogens with zero attached hydrogens (tertiary/aromatic N) is 1. The maximum absolute atomic E-state index is 12.7. The van der Waals surface area contributed by atoms with Gasteiger partial charge in [0.15, 0.2) is 9.84 Å². The van der Waals surface area contributed by atoms with Gasteiger partial charge in [-0.2, -0.15) is 4.31 Å². The Kier molecular flexibility index (Phi) is 5.26. The Hall–Kier alpha value is -0.960. The quantitative estimate of drug-likeness (QED) is 0.857. The van der Waals surface area contributed by atoms with Crippen molar-refractivity contribution in [3.63, 3.8) is 0 Å². The number of benzene rings is 1. The van der Waals surface area contributed by atoms with Gasteiger partial charge in [0.2, 0.25) is 10.0 Å². The maximum atomic E-state index is 12.7. The van der Waals surface area contributed by atoms with Gasteiger partial charge in [0.05, 0.1) is 15.5 Å². The highest BCUT2D eigenvalue weighted by Crippen LogP contribution is 2.25. The average molecular weight is 346 g/mol. The van der Waals surface area contributed by atoms with Gasteiger partial charge >= 0.3 is 0 Å². The van der Waals surface area contributed by atoms with Crippen LogP contribution in [0.5, 0.6) is 0 Å². The van der Waals surface area contributed by atoms with Crippen molar-refractivity contribution in [3.05, 3.63) is 24.3 Å². The maximum Gasteiger partial charge on any atom is 0.243 e. The number of piperidine rings is 1. The highest BCUT2D eigenvalue weighted by atomic mass is 32.2. The lowest BCUT2D eigenvalue weighted by Gasteiger charge is -2.33. The fourth-order valence-corrected chi connectivity index (χ4v) is 5.24. The van der Waals surface area contributed by atoms with Crippen LogP contribution >= 0.6 is 0 Å². The third kappa shape index (κ3) is 3.34. The minimum absolute atomic E-state index is 0.0134. The van der Waals surface area contributed by atoms with Crippen molar-refractivity contribution < 1.29 is 16.8 Å². The zero-order chi connectivity index (χ0) is 16.4. The van der Waals surface area contributed by atoms with E-state index >= 15 is 0 Å². The highest BCUT2D eigenvalue weighted by Gasteiger charge is 2.32. The second-order valence-corrected chi connectivity index (χ2v) is 9.54. The molecule has 124 valence electrons. The molecular weight excluding hydrogens is 324 g/mol. The summed E-state index contributed by atoms with van der Waals surface area (Å²) in [5.74, 6) is -0.0134. The van der Waals surface area contributed by atoms with E-state index in [2.05, 4.69) is 0 Å². The fraction of sp³-hybridized carbons (Fsp3) is 0.571. The predicted octanol–water partition coefficient (Wildman–Crippen LogP) is 0.982. The molecule has 0 amide bonds. The van der Waals surface area contributed by atoms with E-state index in [1.54, 1.807) is 6.92 Å². The lowest BCUT2D eigenvalue weighted by Crippen LogP contribution is -2.47. The molecule has 8 heteroatoms. The first-order valence-electron chi connectivity index (χ1n) is 7.37. The Morgan fingerprint density at radius 1 is 1.09 bits per heavy atom. The molecule has 2 rings (SSSR count). The first kappa shape index (κ1) is 17.4. The Bertz CT molecular complexity index is 712. The van der Waals surface area contributed by atoms with Gasteiger partial charge in [-0.15, -0.1) is 0 Å². The molecule has 0 saturated carbocycles. The van der Waals surface area contributed by atoms with Crippen molar-refractivity contribution >= 4 is 19.9 Å². The molecule has 1 fully saturated rings. The molecule has 0 radical (unpaired) electrons. The summed E-state index contributed by atoms with van der Waals surface area (Å²) in [6.07, 6.45) is 2.55. The Balaban J connectivity index is 2.34. The van der Waals surface area contributed by atoms with E-state index in [1.807, 2.05) is 0 Å². The molecule has 0 spiro atoms. The predicted molar refractivity (Wildman–Crippen MR) is 84.8 cm³/mol. The van der Waals surface area contributed by atoms with Crippen molar-refractivity contribution in [2.75, 3.05) is 18.8 Å². The van der Waals surface area contributed by atoms with E-state index in [9.17, 15) is 16.8 Å². The molecule has 1 heterocycles. The first-order chi connectivity index (χ1) is 10.3. The van der Waals surface area contributed by atoms with Crippen LogP contribution in [0, 0.1) is 0 Å². The lowest BCUT2D eigenvalue weighted by molar-refractivity contribution is 0.257. The van der Waals surface area contributed by atoms with Gasteiger partial charge in [-0.3, -0.25) is 0 Å². The summed E-state index contributed by atoms with van der Waals surface area (Å²) in [5.41, 5.74) is 5.68. The van der Waals surface area contributed by atoms with Crippen LogP contribution in [0.15, 0.2) is 34.1 Å². The van der Waals surface area contributed by atoms with Gasteiger partial charge in [0.1, 0.15) is 0 Å². The largest absolute Gasteiger partial charge is 0.329 e. The van der Waals surface area contributed by atoms with Crippen LogP contribution < -0.4 is 5.73 Å². The second kappa shape index (κ2) is 6.66. The summed E-state index contributed by atoms with van der Waals surface area (Å²) in [6, 6.07) is 5.25. The molecule has 1 aliphatic heterocycles. The second-order valence-electron chi connectivity index (χ2n) is 5.38. The van der Waals surface area contributed by atoms with Gasteiger partial charge in [-0.1, -0.05) is 13.3 Å². The van der Waals surface area contributed by atoms with E-state index in [1.165, 1.54) is 28.6 Å². The molecule has 0 aromatic heterocycles. The van der Waals surface area contributed by atoms with Crippen molar-refractivity contribution in [3.8, 4) is 0 Å². The first-order valence-corrected chi connectivity index (χ1v) is 10.5. The molecule has 0 unspecified atom stereocenters. The Morgan fingerprint density at radius 3 is 2.23 bits per heavy atom. The third-order valence-electron chi connectivity index (χ3n) is 4.01. The minimum atomic E-state index is -3.63. The minimum Gasteiger partial charge on any atom is -0.329 e. The molecule has 22 heavy (non-hydrogen) atoms. The van der Waals surface area contributed by atoms with Crippen molar-refractivity contribution in [1.29, 1.82) is 0 Å². The van der Waals surface area contributed by atoms with Crippen LogP contribution in [-0.4, -0.2) is 46.0 Å². The molecule has 1 saturated heterocycles.